The summed E-state index contributed by atoms with van der Waals surface area (Å²) in [5.41, 5.74) is 5.52. The SMILES string of the molecule is CCC(C)(CO)NC(N)=NC1CCCCC1. The molecule has 0 aliphatic heterocycles. The van der Waals surface area contributed by atoms with Gasteiger partial charge in [-0.05, 0) is 26.2 Å². The van der Waals surface area contributed by atoms with Crippen molar-refractivity contribution in [2.75, 3.05) is 6.61 Å². The molecule has 4 heteroatoms. The van der Waals surface area contributed by atoms with Gasteiger partial charge in [-0.25, -0.2) is 0 Å². The first-order valence-electron chi connectivity index (χ1n) is 6.32. The Bertz CT molecular complexity index is 230. The van der Waals surface area contributed by atoms with Crippen LogP contribution in [0.15, 0.2) is 4.99 Å². The van der Waals surface area contributed by atoms with Gasteiger partial charge in [0.1, 0.15) is 0 Å². The van der Waals surface area contributed by atoms with Crippen molar-refractivity contribution in [3.63, 3.8) is 0 Å². The fourth-order valence-corrected chi connectivity index (χ4v) is 1.99. The van der Waals surface area contributed by atoms with Crippen molar-refractivity contribution in [3.05, 3.63) is 0 Å². The molecule has 0 aromatic carbocycles. The van der Waals surface area contributed by atoms with Crippen molar-refractivity contribution in [2.24, 2.45) is 10.7 Å². The molecule has 0 saturated heterocycles. The lowest BCUT2D eigenvalue weighted by Crippen LogP contribution is -2.51. The maximum absolute atomic E-state index is 9.27. The highest BCUT2D eigenvalue weighted by Gasteiger charge is 2.21. The van der Waals surface area contributed by atoms with Crippen LogP contribution >= 0.6 is 0 Å². The normalized spacial score (nSPS) is 22.8. The molecule has 1 atom stereocenters. The van der Waals surface area contributed by atoms with E-state index in [1.54, 1.807) is 0 Å². The summed E-state index contributed by atoms with van der Waals surface area (Å²) < 4.78 is 0. The number of aliphatic imine (C=N–C) groups is 1. The number of nitrogens with zero attached hydrogens (tertiary/aromatic N) is 1. The monoisotopic (exact) mass is 227 g/mol. The third kappa shape index (κ3) is 4.00. The summed E-state index contributed by atoms with van der Waals surface area (Å²) in [7, 11) is 0. The second-order valence-electron chi connectivity index (χ2n) is 5.00. The van der Waals surface area contributed by atoms with Crippen LogP contribution in [0.1, 0.15) is 52.4 Å². The quantitative estimate of drug-likeness (QED) is 0.502. The average molecular weight is 227 g/mol. The number of hydrogen-bond acceptors (Lipinski definition) is 2. The van der Waals surface area contributed by atoms with Crippen LogP contribution in [-0.2, 0) is 0 Å². The fraction of sp³-hybridized carbons (Fsp3) is 0.917. The largest absolute Gasteiger partial charge is 0.394 e. The summed E-state index contributed by atoms with van der Waals surface area (Å²) in [5, 5.41) is 12.4. The van der Waals surface area contributed by atoms with Crippen molar-refractivity contribution >= 4 is 5.96 Å². The van der Waals surface area contributed by atoms with Gasteiger partial charge in [-0.2, -0.15) is 0 Å². The molecule has 1 unspecified atom stereocenters. The number of aliphatic hydroxyl groups is 1. The summed E-state index contributed by atoms with van der Waals surface area (Å²) in [4.78, 5) is 4.49. The van der Waals surface area contributed by atoms with Gasteiger partial charge < -0.3 is 16.2 Å². The molecule has 0 bridgehead atoms. The highest BCUT2D eigenvalue weighted by molar-refractivity contribution is 5.78. The highest BCUT2D eigenvalue weighted by atomic mass is 16.3. The zero-order valence-electron chi connectivity index (χ0n) is 10.5. The van der Waals surface area contributed by atoms with Crippen molar-refractivity contribution in [2.45, 2.75) is 64.0 Å². The van der Waals surface area contributed by atoms with Gasteiger partial charge in [0, 0.05) is 0 Å². The third-order valence-electron chi connectivity index (χ3n) is 3.46. The van der Waals surface area contributed by atoms with Gasteiger partial charge in [0.15, 0.2) is 5.96 Å². The summed E-state index contributed by atoms with van der Waals surface area (Å²) in [6, 6.07) is 0.376. The molecular weight excluding hydrogens is 202 g/mol. The maximum Gasteiger partial charge on any atom is 0.189 e. The molecule has 0 spiro atoms. The van der Waals surface area contributed by atoms with Gasteiger partial charge >= 0.3 is 0 Å². The minimum atomic E-state index is -0.345. The molecule has 16 heavy (non-hydrogen) atoms. The standard InChI is InChI=1S/C12H25N3O/c1-3-12(2,9-16)15-11(13)14-10-7-5-4-6-8-10/h10,16H,3-9H2,1-2H3,(H3,13,14,15). The lowest BCUT2D eigenvalue weighted by molar-refractivity contribution is 0.188. The Kier molecular flexibility index (Phi) is 5.06. The molecule has 4 N–H and O–H groups in total. The van der Waals surface area contributed by atoms with E-state index in [1.165, 1.54) is 19.3 Å². The zero-order valence-corrected chi connectivity index (χ0v) is 10.5. The van der Waals surface area contributed by atoms with E-state index in [1.807, 2.05) is 13.8 Å². The third-order valence-corrected chi connectivity index (χ3v) is 3.46. The molecule has 1 aliphatic rings. The molecule has 0 aromatic heterocycles. The molecule has 0 amide bonds. The van der Waals surface area contributed by atoms with E-state index in [0.29, 0.717) is 12.0 Å². The lowest BCUT2D eigenvalue weighted by atomic mass is 9.96. The van der Waals surface area contributed by atoms with E-state index in [9.17, 15) is 5.11 Å². The van der Waals surface area contributed by atoms with Crippen LogP contribution in [0.5, 0.6) is 0 Å². The molecular formula is C12H25N3O. The van der Waals surface area contributed by atoms with Crippen LogP contribution in [0.3, 0.4) is 0 Å². The number of nitrogens with two attached hydrogens (primary N) is 1. The first-order chi connectivity index (χ1) is 7.59. The van der Waals surface area contributed by atoms with Gasteiger partial charge in [0.2, 0.25) is 0 Å². The summed E-state index contributed by atoms with van der Waals surface area (Å²) in [6.07, 6.45) is 6.95. The first-order valence-corrected chi connectivity index (χ1v) is 6.32. The van der Waals surface area contributed by atoms with Crippen molar-refractivity contribution in [1.29, 1.82) is 0 Å². The van der Waals surface area contributed by atoms with Gasteiger partial charge in [0.25, 0.3) is 0 Å². The van der Waals surface area contributed by atoms with Crippen LogP contribution in [0.2, 0.25) is 0 Å². The number of aliphatic hydroxyl groups excluding tert-OH is 1. The summed E-state index contributed by atoms with van der Waals surface area (Å²) >= 11 is 0. The number of guanidine groups is 1. The molecule has 0 radical (unpaired) electrons. The van der Waals surface area contributed by atoms with Crippen LogP contribution in [0.25, 0.3) is 0 Å². The van der Waals surface area contributed by atoms with Crippen molar-refractivity contribution in [3.8, 4) is 0 Å². The van der Waals surface area contributed by atoms with E-state index in [0.717, 1.165) is 19.3 Å². The molecule has 0 heterocycles. The Morgan fingerprint density at radius 1 is 1.44 bits per heavy atom. The van der Waals surface area contributed by atoms with E-state index >= 15 is 0 Å². The Hall–Kier alpha value is -0.770. The van der Waals surface area contributed by atoms with E-state index in [4.69, 9.17) is 5.73 Å². The fourth-order valence-electron chi connectivity index (χ4n) is 1.99. The predicted octanol–water partition coefficient (Wildman–Crippen LogP) is 1.38. The average Bonchev–Trinajstić information content (AvgIpc) is 2.30. The van der Waals surface area contributed by atoms with Gasteiger partial charge in [-0.1, -0.05) is 26.2 Å². The molecule has 1 fully saturated rings. The minimum Gasteiger partial charge on any atom is -0.394 e. The van der Waals surface area contributed by atoms with E-state index < -0.39 is 0 Å². The van der Waals surface area contributed by atoms with Crippen LogP contribution in [0.4, 0.5) is 0 Å². The molecule has 0 aromatic rings. The molecule has 1 rings (SSSR count). The lowest BCUT2D eigenvalue weighted by Gasteiger charge is -2.28. The Morgan fingerprint density at radius 3 is 2.56 bits per heavy atom. The molecule has 4 nitrogen and oxygen atoms in total. The topological polar surface area (TPSA) is 70.6 Å². The van der Waals surface area contributed by atoms with Crippen LogP contribution in [0, 0.1) is 0 Å². The Morgan fingerprint density at radius 2 is 2.06 bits per heavy atom. The molecule has 1 saturated carbocycles. The van der Waals surface area contributed by atoms with Gasteiger partial charge in [-0.15, -0.1) is 0 Å². The van der Waals surface area contributed by atoms with Gasteiger partial charge in [0.05, 0.1) is 18.2 Å². The number of hydrogen-bond donors (Lipinski definition) is 3. The number of rotatable bonds is 4. The van der Waals surface area contributed by atoms with E-state index in [-0.39, 0.29) is 12.1 Å². The second kappa shape index (κ2) is 6.09. The molecule has 1 aliphatic carbocycles. The summed E-state index contributed by atoms with van der Waals surface area (Å²) in [5.74, 6) is 0.477. The minimum absolute atomic E-state index is 0.0738. The smallest absolute Gasteiger partial charge is 0.189 e. The second-order valence-corrected chi connectivity index (χ2v) is 5.00. The molecule has 94 valence electrons. The zero-order chi connectivity index (χ0) is 12.0. The number of nitrogens with one attached hydrogen (secondary N) is 1. The van der Waals surface area contributed by atoms with Crippen molar-refractivity contribution < 1.29 is 5.11 Å². The Labute approximate surface area is 98.3 Å². The van der Waals surface area contributed by atoms with Crippen LogP contribution in [-0.4, -0.2) is 29.3 Å². The Balaban J connectivity index is 2.49. The van der Waals surface area contributed by atoms with Crippen LogP contribution < -0.4 is 11.1 Å². The predicted molar refractivity (Wildman–Crippen MR) is 67.4 cm³/mol. The summed E-state index contributed by atoms with van der Waals surface area (Å²) in [6.45, 7) is 4.05. The first kappa shape index (κ1) is 13.3. The highest BCUT2D eigenvalue weighted by Crippen LogP contribution is 2.20. The van der Waals surface area contributed by atoms with Gasteiger partial charge in [-0.3, -0.25) is 4.99 Å². The van der Waals surface area contributed by atoms with E-state index in [2.05, 4.69) is 10.3 Å². The van der Waals surface area contributed by atoms with Crippen molar-refractivity contribution in [1.82, 2.24) is 5.32 Å². The maximum atomic E-state index is 9.27.